The molecule has 0 unspecified atom stereocenters. The molecule has 2 aromatic carbocycles. The van der Waals surface area contributed by atoms with Crippen molar-refractivity contribution in [3.8, 4) is 11.5 Å². The van der Waals surface area contributed by atoms with E-state index >= 15 is 0 Å². The molecule has 20 heavy (non-hydrogen) atoms. The Bertz CT molecular complexity index is 572. The molecule has 1 N–H and O–H groups in total. The minimum Gasteiger partial charge on any atom is -0.454 e. The summed E-state index contributed by atoms with van der Waals surface area (Å²) in [5.74, 6) is -0.403. The van der Waals surface area contributed by atoms with E-state index in [0.717, 1.165) is 13.0 Å². The molecule has 0 radical (unpaired) electrons. The Kier molecular flexibility index (Phi) is 5.07. The van der Waals surface area contributed by atoms with Crippen LogP contribution in [0.3, 0.4) is 0 Å². The van der Waals surface area contributed by atoms with Gasteiger partial charge in [0.25, 0.3) is 0 Å². The standard InChI is InChI=1S/C16H17F2NO/c1-2-10-19-11-12-13(17)7-5-9-15(12)20-16-8-4-3-6-14(16)18/h3-9,19H,2,10-11H2,1H3. The van der Waals surface area contributed by atoms with Crippen LogP contribution >= 0.6 is 0 Å². The SMILES string of the molecule is CCCNCc1c(F)cccc1Oc1ccccc1F. The van der Waals surface area contributed by atoms with Gasteiger partial charge in [0, 0.05) is 12.1 Å². The van der Waals surface area contributed by atoms with Gasteiger partial charge in [-0.25, -0.2) is 8.78 Å². The van der Waals surface area contributed by atoms with Crippen LogP contribution in [0.2, 0.25) is 0 Å². The minimum atomic E-state index is -0.468. The predicted molar refractivity (Wildman–Crippen MR) is 74.9 cm³/mol. The van der Waals surface area contributed by atoms with E-state index in [-0.39, 0.29) is 11.6 Å². The van der Waals surface area contributed by atoms with Crippen LogP contribution in [0.1, 0.15) is 18.9 Å². The summed E-state index contributed by atoms with van der Waals surface area (Å²) in [5.41, 5.74) is 0.407. The number of hydrogen-bond donors (Lipinski definition) is 1. The van der Waals surface area contributed by atoms with E-state index < -0.39 is 5.82 Å². The smallest absolute Gasteiger partial charge is 0.165 e. The molecule has 0 spiro atoms. The van der Waals surface area contributed by atoms with Crippen LogP contribution < -0.4 is 10.1 Å². The van der Waals surface area contributed by atoms with E-state index in [1.54, 1.807) is 24.3 Å². The van der Waals surface area contributed by atoms with Crippen molar-refractivity contribution >= 4 is 0 Å². The highest BCUT2D eigenvalue weighted by molar-refractivity contribution is 5.39. The van der Waals surface area contributed by atoms with Crippen LogP contribution in [0.25, 0.3) is 0 Å². The van der Waals surface area contributed by atoms with Gasteiger partial charge in [-0.3, -0.25) is 0 Å². The highest BCUT2D eigenvalue weighted by Gasteiger charge is 2.11. The predicted octanol–water partition coefficient (Wildman–Crippen LogP) is 4.26. The van der Waals surface area contributed by atoms with Crippen molar-refractivity contribution in [1.82, 2.24) is 5.32 Å². The highest BCUT2D eigenvalue weighted by Crippen LogP contribution is 2.28. The highest BCUT2D eigenvalue weighted by atomic mass is 19.1. The third kappa shape index (κ3) is 3.54. The van der Waals surface area contributed by atoms with Gasteiger partial charge in [-0.2, -0.15) is 0 Å². The molecule has 0 heterocycles. The zero-order chi connectivity index (χ0) is 14.4. The average molecular weight is 277 g/mol. The summed E-state index contributed by atoms with van der Waals surface area (Å²) in [5, 5.41) is 3.12. The quantitative estimate of drug-likeness (QED) is 0.797. The summed E-state index contributed by atoms with van der Waals surface area (Å²) in [6.07, 6.45) is 0.956. The Labute approximate surface area is 117 Å². The van der Waals surface area contributed by atoms with E-state index in [1.807, 2.05) is 6.92 Å². The molecule has 0 aliphatic heterocycles. The van der Waals surface area contributed by atoms with E-state index in [2.05, 4.69) is 5.32 Å². The Morgan fingerprint density at radius 3 is 2.40 bits per heavy atom. The summed E-state index contributed by atoms with van der Waals surface area (Å²) in [4.78, 5) is 0. The number of nitrogens with one attached hydrogen (secondary N) is 1. The molecule has 0 fully saturated rings. The van der Waals surface area contributed by atoms with Crippen molar-refractivity contribution in [3.63, 3.8) is 0 Å². The van der Waals surface area contributed by atoms with Crippen molar-refractivity contribution in [3.05, 3.63) is 59.7 Å². The lowest BCUT2D eigenvalue weighted by Crippen LogP contribution is -2.15. The van der Waals surface area contributed by atoms with Crippen LogP contribution in [0.5, 0.6) is 11.5 Å². The van der Waals surface area contributed by atoms with E-state index in [0.29, 0.717) is 17.9 Å². The lowest BCUT2D eigenvalue weighted by Gasteiger charge is -2.13. The largest absolute Gasteiger partial charge is 0.454 e. The number of para-hydroxylation sites is 1. The van der Waals surface area contributed by atoms with E-state index in [9.17, 15) is 8.78 Å². The first-order valence-electron chi connectivity index (χ1n) is 6.63. The average Bonchev–Trinajstić information content (AvgIpc) is 2.44. The third-order valence-corrected chi connectivity index (χ3v) is 2.86. The molecule has 0 atom stereocenters. The number of halogens is 2. The number of benzene rings is 2. The van der Waals surface area contributed by atoms with Crippen LogP contribution in [-0.2, 0) is 6.54 Å². The first-order valence-corrected chi connectivity index (χ1v) is 6.63. The first kappa shape index (κ1) is 14.5. The van der Waals surface area contributed by atoms with Crippen LogP contribution in [0.15, 0.2) is 42.5 Å². The molecule has 0 aliphatic rings. The topological polar surface area (TPSA) is 21.3 Å². The van der Waals surface area contributed by atoms with Gasteiger partial charge in [-0.1, -0.05) is 25.1 Å². The lowest BCUT2D eigenvalue weighted by molar-refractivity contribution is 0.429. The summed E-state index contributed by atoms with van der Waals surface area (Å²) in [7, 11) is 0. The first-order chi connectivity index (χ1) is 9.72. The van der Waals surface area contributed by atoms with Gasteiger partial charge in [0.15, 0.2) is 11.6 Å². The minimum absolute atomic E-state index is 0.0924. The van der Waals surface area contributed by atoms with Gasteiger partial charge in [0.1, 0.15) is 11.6 Å². The lowest BCUT2D eigenvalue weighted by atomic mass is 10.2. The summed E-state index contributed by atoms with van der Waals surface area (Å²) in [6.45, 7) is 3.17. The maximum Gasteiger partial charge on any atom is 0.165 e. The van der Waals surface area contributed by atoms with Crippen molar-refractivity contribution < 1.29 is 13.5 Å². The monoisotopic (exact) mass is 277 g/mol. The summed E-state index contributed by atoms with van der Waals surface area (Å²) < 4.78 is 32.9. The van der Waals surface area contributed by atoms with Crippen LogP contribution in [-0.4, -0.2) is 6.54 Å². The normalized spacial score (nSPS) is 10.6. The maximum atomic E-state index is 13.9. The van der Waals surface area contributed by atoms with Crippen LogP contribution in [0.4, 0.5) is 8.78 Å². The Balaban J connectivity index is 2.23. The van der Waals surface area contributed by atoms with Gasteiger partial charge >= 0.3 is 0 Å². The molecule has 4 heteroatoms. The maximum absolute atomic E-state index is 13.9. The number of hydrogen-bond acceptors (Lipinski definition) is 2. The number of rotatable bonds is 6. The Morgan fingerprint density at radius 2 is 1.65 bits per heavy atom. The second-order valence-corrected chi connectivity index (χ2v) is 4.43. The summed E-state index contributed by atoms with van der Waals surface area (Å²) in [6, 6.07) is 10.6. The van der Waals surface area contributed by atoms with Crippen molar-refractivity contribution in [2.75, 3.05) is 6.54 Å². The molecular formula is C16H17F2NO. The Hall–Kier alpha value is -1.94. The molecule has 0 saturated heterocycles. The summed E-state index contributed by atoms with van der Waals surface area (Å²) >= 11 is 0. The van der Waals surface area contributed by atoms with Crippen molar-refractivity contribution in [1.29, 1.82) is 0 Å². The molecule has 0 aliphatic carbocycles. The molecule has 106 valence electrons. The second-order valence-electron chi connectivity index (χ2n) is 4.43. The van der Waals surface area contributed by atoms with Gasteiger partial charge in [0.2, 0.25) is 0 Å². The molecule has 2 nitrogen and oxygen atoms in total. The van der Waals surface area contributed by atoms with Gasteiger partial charge in [-0.15, -0.1) is 0 Å². The third-order valence-electron chi connectivity index (χ3n) is 2.86. The molecule has 2 aromatic rings. The zero-order valence-corrected chi connectivity index (χ0v) is 11.3. The van der Waals surface area contributed by atoms with E-state index in [1.165, 1.54) is 18.2 Å². The van der Waals surface area contributed by atoms with Gasteiger partial charge in [0.05, 0.1) is 0 Å². The Morgan fingerprint density at radius 1 is 0.950 bits per heavy atom. The molecule has 2 rings (SSSR count). The number of ether oxygens (including phenoxy) is 1. The van der Waals surface area contributed by atoms with E-state index in [4.69, 9.17) is 4.74 Å². The van der Waals surface area contributed by atoms with Gasteiger partial charge in [-0.05, 0) is 37.2 Å². The van der Waals surface area contributed by atoms with Crippen molar-refractivity contribution in [2.24, 2.45) is 0 Å². The fourth-order valence-corrected chi connectivity index (χ4v) is 1.84. The molecule has 0 saturated carbocycles. The fraction of sp³-hybridized carbons (Fsp3) is 0.250. The molecule has 0 bridgehead atoms. The zero-order valence-electron chi connectivity index (χ0n) is 11.3. The second kappa shape index (κ2) is 7.01. The molecule has 0 aromatic heterocycles. The molecular weight excluding hydrogens is 260 g/mol. The van der Waals surface area contributed by atoms with Crippen molar-refractivity contribution in [2.45, 2.75) is 19.9 Å². The fourth-order valence-electron chi connectivity index (χ4n) is 1.84. The molecule has 0 amide bonds. The van der Waals surface area contributed by atoms with Crippen LogP contribution in [0, 0.1) is 11.6 Å². The van der Waals surface area contributed by atoms with Gasteiger partial charge < -0.3 is 10.1 Å².